The number of carboxylic acid groups (broad SMARTS) is 1. The number of benzene rings is 1. The van der Waals surface area contributed by atoms with Crippen LogP contribution in [0.5, 0.6) is 0 Å². The molecule has 1 aromatic carbocycles. The van der Waals surface area contributed by atoms with Crippen LogP contribution in [0.25, 0.3) is 0 Å². The lowest BCUT2D eigenvalue weighted by Gasteiger charge is -2.34. The summed E-state index contributed by atoms with van der Waals surface area (Å²) in [7, 11) is 0. The Kier molecular flexibility index (Phi) is 5.06. The van der Waals surface area contributed by atoms with Gasteiger partial charge in [0, 0.05) is 36.9 Å². The van der Waals surface area contributed by atoms with E-state index in [1.54, 1.807) is 0 Å². The van der Waals surface area contributed by atoms with Crippen molar-refractivity contribution in [1.82, 2.24) is 0 Å². The number of carbonyl (C=O) groups is 2. The molecule has 5 heteroatoms. The van der Waals surface area contributed by atoms with Gasteiger partial charge in [-0.1, -0.05) is 0 Å². The van der Waals surface area contributed by atoms with E-state index in [4.69, 9.17) is 5.11 Å². The van der Waals surface area contributed by atoms with Gasteiger partial charge in [-0.05, 0) is 51.0 Å². The van der Waals surface area contributed by atoms with Crippen LogP contribution in [-0.2, 0) is 16.0 Å². The molecular formula is C17H24N2O3. The van der Waals surface area contributed by atoms with Gasteiger partial charge >= 0.3 is 5.97 Å². The van der Waals surface area contributed by atoms with E-state index >= 15 is 0 Å². The van der Waals surface area contributed by atoms with E-state index < -0.39 is 5.97 Å². The average Bonchev–Trinajstić information content (AvgIpc) is 2.47. The lowest BCUT2D eigenvalue weighted by molar-refractivity contribution is -0.136. The highest BCUT2D eigenvalue weighted by Gasteiger charge is 2.26. The molecule has 0 aromatic heterocycles. The highest BCUT2D eigenvalue weighted by molar-refractivity contribution is 5.97. The summed E-state index contributed by atoms with van der Waals surface area (Å²) in [6.45, 7) is 7.32. The van der Waals surface area contributed by atoms with E-state index in [9.17, 15) is 9.59 Å². The van der Waals surface area contributed by atoms with Crippen LogP contribution in [0.3, 0.4) is 0 Å². The maximum absolute atomic E-state index is 12.1. The monoisotopic (exact) mass is 304 g/mol. The second-order valence-electron chi connectivity index (χ2n) is 5.89. The summed E-state index contributed by atoms with van der Waals surface area (Å²) in [4.78, 5) is 26.8. The summed E-state index contributed by atoms with van der Waals surface area (Å²) in [6, 6.07) is 6.22. The maximum atomic E-state index is 12.1. The number of anilines is 2. The summed E-state index contributed by atoms with van der Waals surface area (Å²) >= 11 is 0. The molecule has 0 atom stereocenters. The number of aliphatic carboxylic acids is 1. The van der Waals surface area contributed by atoms with E-state index in [0.717, 1.165) is 24.3 Å². The van der Waals surface area contributed by atoms with Crippen molar-refractivity contribution in [3.05, 3.63) is 23.8 Å². The van der Waals surface area contributed by atoms with E-state index in [2.05, 4.69) is 11.0 Å². The second kappa shape index (κ2) is 6.81. The number of nitrogens with zero attached hydrogens (tertiary/aromatic N) is 2. The van der Waals surface area contributed by atoms with Crippen molar-refractivity contribution in [2.24, 2.45) is 0 Å². The van der Waals surface area contributed by atoms with Crippen molar-refractivity contribution in [2.45, 2.75) is 46.1 Å². The number of rotatable bonds is 6. The molecule has 22 heavy (non-hydrogen) atoms. The first-order valence-corrected chi connectivity index (χ1v) is 7.85. The van der Waals surface area contributed by atoms with Gasteiger partial charge in [-0.25, -0.2) is 0 Å². The fraction of sp³-hybridized carbons (Fsp3) is 0.529. The predicted molar refractivity (Wildman–Crippen MR) is 87.5 cm³/mol. The molecule has 1 aromatic rings. The van der Waals surface area contributed by atoms with E-state index in [-0.39, 0.29) is 18.4 Å². The molecule has 0 aliphatic carbocycles. The summed E-state index contributed by atoms with van der Waals surface area (Å²) < 4.78 is 0. The molecule has 120 valence electrons. The Bertz CT molecular complexity index is 569. The standard InChI is InChI=1S/C17H24N2O3/c1-4-18(10-9-17(21)22)14-6-7-15-13(11-14)5-8-16(20)19(15)12(2)3/h6-7,11-12H,4-5,8-10H2,1-3H3,(H,21,22). The number of carbonyl (C=O) groups excluding carboxylic acids is 1. The molecule has 1 aliphatic rings. The Hall–Kier alpha value is -2.04. The second-order valence-corrected chi connectivity index (χ2v) is 5.89. The van der Waals surface area contributed by atoms with Gasteiger partial charge in [-0.2, -0.15) is 0 Å². The summed E-state index contributed by atoms with van der Waals surface area (Å²) in [5, 5.41) is 8.85. The molecule has 0 radical (unpaired) electrons. The number of fused-ring (bicyclic) bond motifs is 1. The Labute approximate surface area is 131 Å². The zero-order valence-corrected chi connectivity index (χ0v) is 13.5. The minimum Gasteiger partial charge on any atom is -0.481 e. The summed E-state index contributed by atoms with van der Waals surface area (Å²) in [5.74, 6) is -0.610. The van der Waals surface area contributed by atoms with Crippen LogP contribution in [0.1, 0.15) is 39.2 Å². The van der Waals surface area contributed by atoms with Crippen molar-refractivity contribution in [1.29, 1.82) is 0 Å². The van der Waals surface area contributed by atoms with E-state index in [0.29, 0.717) is 13.0 Å². The topological polar surface area (TPSA) is 60.9 Å². The van der Waals surface area contributed by atoms with Crippen LogP contribution in [0.15, 0.2) is 18.2 Å². The SMILES string of the molecule is CCN(CCC(=O)O)c1ccc2c(c1)CCC(=O)N2C(C)C. The Morgan fingerprint density at radius 2 is 2.09 bits per heavy atom. The smallest absolute Gasteiger partial charge is 0.305 e. The number of carboxylic acids is 1. The molecule has 0 spiro atoms. The molecule has 0 saturated carbocycles. The van der Waals surface area contributed by atoms with Gasteiger partial charge in [0.2, 0.25) is 5.91 Å². The molecule has 1 heterocycles. The first-order chi connectivity index (χ1) is 10.4. The molecule has 5 nitrogen and oxygen atoms in total. The molecule has 0 bridgehead atoms. The van der Waals surface area contributed by atoms with Crippen LogP contribution in [-0.4, -0.2) is 36.1 Å². The van der Waals surface area contributed by atoms with Crippen LogP contribution >= 0.6 is 0 Å². The van der Waals surface area contributed by atoms with Gasteiger partial charge in [-0.15, -0.1) is 0 Å². The van der Waals surface area contributed by atoms with Gasteiger partial charge in [0.1, 0.15) is 0 Å². The molecule has 0 fully saturated rings. The fourth-order valence-electron chi connectivity index (χ4n) is 2.97. The summed E-state index contributed by atoms with van der Waals surface area (Å²) in [5.41, 5.74) is 3.18. The Balaban J connectivity index is 2.27. The average molecular weight is 304 g/mol. The number of aryl methyl sites for hydroxylation is 1. The largest absolute Gasteiger partial charge is 0.481 e. The summed E-state index contributed by atoms with van der Waals surface area (Å²) in [6.07, 6.45) is 1.42. The minimum absolute atomic E-state index is 0.127. The van der Waals surface area contributed by atoms with Crippen molar-refractivity contribution in [3.63, 3.8) is 0 Å². The Morgan fingerprint density at radius 1 is 1.36 bits per heavy atom. The zero-order chi connectivity index (χ0) is 16.3. The number of hydrogen-bond donors (Lipinski definition) is 1. The van der Waals surface area contributed by atoms with E-state index in [1.807, 2.05) is 37.8 Å². The van der Waals surface area contributed by atoms with Gasteiger partial charge in [0.15, 0.2) is 0 Å². The number of hydrogen-bond acceptors (Lipinski definition) is 3. The third kappa shape index (κ3) is 3.40. The lowest BCUT2D eigenvalue weighted by atomic mass is 9.99. The normalized spacial score (nSPS) is 14.2. The molecule has 1 N–H and O–H groups in total. The van der Waals surface area contributed by atoms with Gasteiger partial charge in [0.05, 0.1) is 6.42 Å². The molecule has 1 aliphatic heterocycles. The first kappa shape index (κ1) is 16.3. The maximum Gasteiger partial charge on any atom is 0.305 e. The van der Waals surface area contributed by atoms with Gasteiger partial charge in [-0.3, -0.25) is 9.59 Å². The van der Waals surface area contributed by atoms with Crippen LogP contribution < -0.4 is 9.80 Å². The molecular weight excluding hydrogens is 280 g/mol. The highest BCUT2D eigenvalue weighted by atomic mass is 16.4. The minimum atomic E-state index is -0.784. The number of amides is 1. The van der Waals surface area contributed by atoms with Crippen LogP contribution in [0.2, 0.25) is 0 Å². The third-order valence-corrected chi connectivity index (χ3v) is 4.06. The first-order valence-electron chi connectivity index (χ1n) is 7.85. The quantitative estimate of drug-likeness (QED) is 0.878. The predicted octanol–water partition coefficient (Wildman–Crippen LogP) is 2.68. The molecule has 2 rings (SSSR count). The van der Waals surface area contributed by atoms with Crippen molar-refractivity contribution in [2.75, 3.05) is 22.9 Å². The van der Waals surface area contributed by atoms with Crippen molar-refractivity contribution >= 4 is 23.3 Å². The van der Waals surface area contributed by atoms with E-state index in [1.165, 1.54) is 5.56 Å². The zero-order valence-electron chi connectivity index (χ0n) is 13.5. The lowest BCUT2D eigenvalue weighted by Crippen LogP contribution is -2.40. The Morgan fingerprint density at radius 3 is 2.68 bits per heavy atom. The molecule has 1 amide bonds. The van der Waals surface area contributed by atoms with Gasteiger partial charge < -0.3 is 14.9 Å². The van der Waals surface area contributed by atoms with Crippen molar-refractivity contribution in [3.8, 4) is 0 Å². The molecule has 0 unspecified atom stereocenters. The molecule has 0 saturated heterocycles. The fourth-order valence-corrected chi connectivity index (χ4v) is 2.97. The van der Waals surface area contributed by atoms with Gasteiger partial charge in [0.25, 0.3) is 0 Å². The third-order valence-electron chi connectivity index (χ3n) is 4.06. The van der Waals surface area contributed by atoms with Crippen LogP contribution in [0.4, 0.5) is 11.4 Å². The highest BCUT2D eigenvalue weighted by Crippen LogP contribution is 2.32. The van der Waals surface area contributed by atoms with Crippen molar-refractivity contribution < 1.29 is 14.7 Å². The van der Waals surface area contributed by atoms with Crippen LogP contribution in [0, 0.1) is 0 Å².